The molecule has 3 rings (SSSR count). The van der Waals surface area contributed by atoms with E-state index >= 15 is 0 Å². The van der Waals surface area contributed by atoms with Crippen molar-refractivity contribution >= 4 is 27.9 Å². The molecule has 1 fully saturated rings. The fraction of sp³-hybridized carbons (Fsp3) is 0.417. The first-order chi connectivity index (χ1) is 15.7. The maximum absolute atomic E-state index is 13.9. The van der Waals surface area contributed by atoms with Gasteiger partial charge in [0.1, 0.15) is 11.6 Å². The Bertz CT molecular complexity index is 1090. The Balaban J connectivity index is 2.00. The number of nitriles is 1. The van der Waals surface area contributed by atoms with Crippen molar-refractivity contribution in [1.82, 2.24) is 5.32 Å². The minimum absolute atomic E-state index is 0.302. The normalized spacial score (nSPS) is 18.5. The second kappa shape index (κ2) is 10.2. The van der Waals surface area contributed by atoms with Crippen molar-refractivity contribution in [3.8, 4) is 6.07 Å². The van der Waals surface area contributed by atoms with E-state index in [4.69, 9.17) is 5.11 Å². The molecule has 9 heteroatoms. The summed E-state index contributed by atoms with van der Waals surface area (Å²) in [6.07, 6.45) is -2.95. The number of carbonyl (C=O) groups excluding carboxylic acids is 1. The molecule has 0 aliphatic carbocycles. The van der Waals surface area contributed by atoms with Crippen molar-refractivity contribution in [3.63, 3.8) is 0 Å². The summed E-state index contributed by atoms with van der Waals surface area (Å²) >= 11 is 0. The average Bonchev–Trinajstić information content (AvgIpc) is 2.79. The summed E-state index contributed by atoms with van der Waals surface area (Å²) in [6.45, 7) is 1.92. The number of amides is 1. The van der Waals surface area contributed by atoms with E-state index in [-0.39, 0.29) is 5.56 Å². The van der Waals surface area contributed by atoms with Gasteiger partial charge in [-0.25, -0.2) is 0 Å². The van der Waals surface area contributed by atoms with Gasteiger partial charge in [-0.15, -0.1) is 0 Å². The third-order valence-corrected chi connectivity index (χ3v) is 5.83. The summed E-state index contributed by atoms with van der Waals surface area (Å²) in [5.41, 5.74) is -1.75. The number of rotatable bonds is 6. The lowest BCUT2D eigenvalue weighted by molar-refractivity contribution is -0.118. The summed E-state index contributed by atoms with van der Waals surface area (Å²) in [5.74, 6) is -1.27. The molecule has 2 atom stereocenters. The lowest BCUT2D eigenvalue weighted by atomic mass is 9.96. The molecule has 1 aliphatic rings. The highest BCUT2D eigenvalue weighted by atomic mass is 19.4. The van der Waals surface area contributed by atoms with Crippen LogP contribution in [-0.2, 0) is 4.79 Å². The zero-order valence-electron chi connectivity index (χ0n) is 18.2. The third kappa shape index (κ3) is 5.64. The summed E-state index contributed by atoms with van der Waals surface area (Å²) in [4.78, 5) is 14.6. The zero-order chi connectivity index (χ0) is 24.2. The van der Waals surface area contributed by atoms with Gasteiger partial charge in [0.25, 0.3) is 5.91 Å². The molecule has 0 aromatic heterocycles. The van der Waals surface area contributed by atoms with Crippen molar-refractivity contribution in [1.29, 1.82) is 5.26 Å². The van der Waals surface area contributed by atoms with E-state index in [0.29, 0.717) is 11.4 Å². The summed E-state index contributed by atoms with van der Waals surface area (Å²) in [5, 5.41) is 30.9. The molecule has 1 aliphatic heterocycles. The monoisotopic (exact) mass is 461 g/mol. The molecule has 2 aromatic carbocycles. The standard InChI is InChI=1S/C24H26F3N3O3/c1-15-4-2-3-9-30(15)19-8-7-16-10-18(6-5-17(16)11-19)22(24(25,26)27)21(12-28)23(33)29-13-20(32)14-31/h5-8,10-11,15,20,31-32H,2-4,9,13-14H2,1H3,(H,29,33)/b22-21-. The molecular weight excluding hydrogens is 435 g/mol. The first kappa shape index (κ1) is 24.6. The van der Waals surface area contributed by atoms with Crippen LogP contribution in [-0.4, -0.2) is 54.1 Å². The zero-order valence-corrected chi connectivity index (χ0v) is 18.2. The van der Waals surface area contributed by atoms with Crippen LogP contribution in [0.5, 0.6) is 0 Å². The molecule has 1 amide bonds. The number of nitrogens with zero attached hydrogens (tertiary/aromatic N) is 2. The van der Waals surface area contributed by atoms with Gasteiger partial charge in [-0.2, -0.15) is 18.4 Å². The lowest BCUT2D eigenvalue weighted by Crippen LogP contribution is -2.37. The number of hydrogen-bond donors (Lipinski definition) is 3. The molecule has 2 unspecified atom stereocenters. The van der Waals surface area contributed by atoms with E-state index in [9.17, 15) is 28.3 Å². The number of nitrogens with one attached hydrogen (secondary N) is 1. The number of piperidine rings is 1. The predicted octanol–water partition coefficient (Wildman–Crippen LogP) is 3.53. The molecule has 1 heterocycles. The maximum Gasteiger partial charge on any atom is 0.418 e. The van der Waals surface area contributed by atoms with E-state index in [1.165, 1.54) is 24.6 Å². The van der Waals surface area contributed by atoms with Gasteiger partial charge >= 0.3 is 6.18 Å². The van der Waals surface area contributed by atoms with Gasteiger partial charge in [-0.3, -0.25) is 4.79 Å². The average molecular weight is 461 g/mol. The highest BCUT2D eigenvalue weighted by molar-refractivity contribution is 6.06. The van der Waals surface area contributed by atoms with Gasteiger partial charge in [0.15, 0.2) is 0 Å². The minimum Gasteiger partial charge on any atom is -0.394 e. The van der Waals surface area contributed by atoms with Crippen LogP contribution in [0.25, 0.3) is 16.3 Å². The number of aliphatic hydroxyl groups excluding tert-OH is 2. The van der Waals surface area contributed by atoms with Crippen LogP contribution in [0.1, 0.15) is 31.7 Å². The van der Waals surface area contributed by atoms with Gasteiger partial charge in [-0.05, 0) is 60.7 Å². The van der Waals surface area contributed by atoms with Crippen LogP contribution in [0.15, 0.2) is 42.0 Å². The Kier molecular flexibility index (Phi) is 7.61. The molecule has 176 valence electrons. The topological polar surface area (TPSA) is 96.6 Å². The number of anilines is 1. The number of carbonyl (C=O) groups is 1. The SMILES string of the molecule is CC1CCCCN1c1ccc2cc(/C(=C(\C#N)C(=O)NCC(O)CO)C(F)(F)F)ccc2c1. The van der Waals surface area contributed by atoms with Crippen LogP contribution >= 0.6 is 0 Å². The Labute approximate surface area is 189 Å². The molecule has 6 nitrogen and oxygen atoms in total. The largest absolute Gasteiger partial charge is 0.418 e. The molecule has 33 heavy (non-hydrogen) atoms. The number of aliphatic hydroxyl groups is 2. The van der Waals surface area contributed by atoms with Gasteiger partial charge in [0.2, 0.25) is 0 Å². The molecule has 3 N–H and O–H groups in total. The highest BCUT2D eigenvalue weighted by Gasteiger charge is 2.39. The van der Waals surface area contributed by atoms with Gasteiger partial charge < -0.3 is 20.4 Å². The van der Waals surface area contributed by atoms with Crippen LogP contribution in [0.4, 0.5) is 18.9 Å². The molecule has 0 saturated carbocycles. The number of fused-ring (bicyclic) bond motifs is 1. The quantitative estimate of drug-likeness (QED) is 0.452. The lowest BCUT2D eigenvalue weighted by Gasteiger charge is -2.35. The molecule has 2 aromatic rings. The van der Waals surface area contributed by atoms with Crippen molar-refractivity contribution in [2.45, 2.75) is 44.5 Å². The van der Waals surface area contributed by atoms with E-state index in [1.807, 2.05) is 12.1 Å². The van der Waals surface area contributed by atoms with E-state index in [2.05, 4.69) is 17.1 Å². The second-order valence-electron chi connectivity index (χ2n) is 8.19. The van der Waals surface area contributed by atoms with Crippen molar-refractivity contribution < 1.29 is 28.2 Å². The summed E-state index contributed by atoms with van der Waals surface area (Å²) in [6, 6.07) is 11.4. The number of hydrogen-bond acceptors (Lipinski definition) is 5. The van der Waals surface area contributed by atoms with Crippen molar-refractivity contribution in [2.75, 3.05) is 24.6 Å². The minimum atomic E-state index is -4.96. The fourth-order valence-electron chi connectivity index (χ4n) is 4.08. The number of allylic oxidation sites excluding steroid dienone is 1. The van der Waals surface area contributed by atoms with Crippen molar-refractivity contribution in [2.24, 2.45) is 0 Å². The first-order valence-electron chi connectivity index (χ1n) is 10.7. The molecular formula is C24H26F3N3O3. The fourth-order valence-corrected chi connectivity index (χ4v) is 4.08. The highest BCUT2D eigenvalue weighted by Crippen LogP contribution is 2.38. The summed E-state index contributed by atoms with van der Waals surface area (Å²) < 4.78 is 41.8. The van der Waals surface area contributed by atoms with Gasteiger partial charge in [0.05, 0.1) is 18.3 Å². The van der Waals surface area contributed by atoms with Gasteiger partial charge in [-0.1, -0.05) is 18.2 Å². The molecule has 0 bridgehead atoms. The first-order valence-corrected chi connectivity index (χ1v) is 10.7. The Hall–Kier alpha value is -3.09. The van der Waals surface area contributed by atoms with E-state index in [0.717, 1.165) is 30.5 Å². The Morgan fingerprint density at radius 1 is 1.24 bits per heavy atom. The number of benzene rings is 2. The van der Waals surface area contributed by atoms with Crippen LogP contribution in [0.3, 0.4) is 0 Å². The maximum atomic E-state index is 13.9. The van der Waals surface area contributed by atoms with E-state index < -0.39 is 42.5 Å². The molecule has 0 spiro atoms. The Morgan fingerprint density at radius 3 is 2.58 bits per heavy atom. The van der Waals surface area contributed by atoms with Crippen molar-refractivity contribution in [3.05, 3.63) is 47.5 Å². The van der Waals surface area contributed by atoms with Crippen LogP contribution in [0.2, 0.25) is 0 Å². The van der Waals surface area contributed by atoms with Crippen LogP contribution < -0.4 is 10.2 Å². The Morgan fingerprint density at radius 2 is 1.94 bits per heavy atom. The number of alkyl halides is 3. The molecule has 1 saturated heterocycles. The second-order valence-corrected chi connectivity index (χ2v) is 8.19. The van der Waals surface area contributed by atoms with Gasteiger partial charge in [0, 0.05) is 24.8 Å². The number of halogens is 3. The van der Waals surface area contributed by atoms with Crippen LogP contribution in [0, 0.1) is 11.3 Å². The van der Waals surface area contributed by atoms with E-state index in [1.54, 1.807) is 12.1 Å². The summed E-state index contributed by atoms with van der Waals surface area (Å²) in [7, 11) is 0. The molecule has 0 radical (unpaired) electrons. The third-order valence-electron chi connectivity index (χ3n) is 5.83. The smallest absolute Gasteiger partial charge is 0.394 e. The predicted molar refractivity (Wildman–Crippen MR) is 119 cm³/mol.